The van der Waals surface area contributed by atoms with Gasteiger partial charge in [-0.05, 0) is 49.9 Å². The summed E-state index contributed by atoms with van der Waals surface area (Å²) in [7, 11) is 1.39. The van der Waals surface area contributed by atoms with Crippen LogP contribution in [-0.4, -0.2) is 42.5 Å². The summed E-state index contributed by atoms with van der Waals surface area (Å²) in [5, 5.41) is 6.74. The van der Waals surface area contributed by atoms with Gasteiger partial charge in [0, 0.05) is 17.5 Å². The molecule has 7 unspecified atom stereocenters. The van der Waals surface area contributed by atoms with E-state index in [1.165, 1.54) is 26.4 Å². The van der Waals surface area contributed by atoms with E-state index in [0.29, 0.717) is 17.9 Å². The summed E-state index contributed by atoms with van der Waals surface area (Å²) in [4.78, 5) is 24.8. The lowest BCUT2D eigenvalue weighted by Gasteiger charge is -2.34. The molecule has 0 spiro atoms. The Balaban J connectivity index is 1.64. The molecule has 3 rings (SSSR count). The van der Waals surface area contributed by atoms with Gasteiger partial charge in [-0.1, -0.05) is 26.2 Å². The highest BCUT2D eigenvalue weighted by Gasteiger charge is 2.42. The summed E-state index contributed by atoms with van der Waals surface area (Å²) >= 11 is 6.55. The summed E-state index contributed by atoms with van der Waals surface area (Å²) in [5.74, 6) is 1.10. The Labute approximate surface area is 161 Å². The van der Waals surface area contributed by atoms with Crippen molar-refractivity contribution in [2.45, 2.75) is 88.2 Å². The van der Waals surface area contributed by atoms with Crippen LogP contribution in [0.3, 0.4) is 0 Å². The maximum absolute atomic E-state index is 13.0. The van der Waals surface area contributed by atoms with E-state index < -0.39 is 0 Å². The van der Waals surface area contributed by atoms with Crippen LogP contribution < -0.4 is 10.6 Å². The molecule has 0 radical (unpaired) electrons. The average molecular weight is 385 g/mol. The van der Waals surface area contributed by atoms with Gasteiger partial charge in [0.15, 0.2) is 0 Å². The smallest absolute Gasteiger partial charge is 0.307 e. The third kappa shape index (κ3) is 4.53. The highest BCUT2D eigenvalue weighted by Crippen LogP contribution is 2.37. The van der Waals surface area contributed by atoms with Crippen molar-refractivity contribution in [2.75, 3.05) is 7.11 Å². The van der Waals surface area contributed by atoms with Gasteiger partial charge in [0.25, 0.3) is 0 Å². The van der Waals surface area contributed by atoms with Crippen LogP contribution in [0.4, 0.5) is 0 Å². The summed E-state index contributed by atoms with van der Waals surface area (Å²) in [6, 6.07) is 0.0664. The standard InChI is InChI=1S/C20H33ClN2O3/c1-12-6-5-7-13-10-17(22-19(12)13)20(25)23-16(11-18(24)26-2)14-8-3-4-9-15(14)21/h12-17,19,22H,3-11H2,1-2H3,(H,23,25). The molecule has 148 valence electrons. The van der Waals surface area contributed by atoms with Crippen molar-refractivity contribution < 1.29 is 14.3 Å². The Morgan fingerprint density at radius 1 is 1.19 bits per heavy atom. The first-order valence-electron chi connectivity index (χ1n) is 10.3. The van der Waals surface area contributed by atoms with Gasteiger partial charge in [-0.3, -0.25) is 9.59 Å². The number of rotatable bonds is 5. The molecule has 2 aliphatic carbocycles. The molecule has 7 atom stereocenters. The van der Waals surface area contributed by atoms with E-state index in [1.807, 2.05) is 0 Å². The second-order valence-corrected chi connectivity index (χ2v) is 9.07. The number of methoxy groups -OCH3 is 1. The Morgan fingerprint density at radius 2 is 1.96 bits per heavy atom. The first kappa shape index (κ1) is 19.9. The Kier molecular flexibility index (Phi) is 6.84. The van der Waals surface area contributed by atoms with Gasteiger partial charge in [-0.2, -0.15) is 0 Å². The number of nitrogens with one attached hydrogen (secondary N) is 2. The number of ether oxygens (including phenoxy) is 1. The van der Waals surface area contributed by atoms with Gasteiger partial charge >= 0.3 is 5.97 Å². The van der Waals surface area contributed by atoms with Crippen LogP contribution in [0.1, 0.15) is 64.7 Å². The predicted octanol–water partition coefficient (Wildman–Crippen LogP) is 3.00. The zero-order valence-corrected chi connectivity index (χ0v) is 16.8. The van der Waals surface area contributed by atoms with Crippen LogP contribution in [0.5, 0.6) is 0 Å². The molecule has 1 amide bonds. The highest BCUT2D eigenvalue weighted by atomic mass is 35.5. The van der Waals surface area contributed by atoms with Crippen molar-refractivity contribution in [2.24, 2.45) is 17.8 Å². The quantitative estimate of drug-likeness (QED) is 0.564. The molecule has 5 nitrogen and oxygen atoms in total. The van der Waals surface area contributed by atoms with E-state index in [4.69, 9.17) is 16.3 Å². The number of esters is 1. The number of halogens is 1. The van der Waals surface area contributed by atoms with Crippen molar-refractivity contribution in [1.82, 2.24) is 10.6 Å². The van der Waals surface area contributed by atoms with Crippen LogP contribution in [0.25, 0.3) is 0 Å². The summed E-state index contributed by atoms with van der Waals surface area (Å²) < 4.78 is 4.86. The fourth-order valence-corrected chi connectivity index (χ4v) is 5.76. The van der Waals surface area contributed by atoms with E-state index in [0.717, 1.165) is 32.1 Å². The van der Waals surface area contributed by atoms with Crippen LogP contribution >= 0.6 is 11.6 Å². The van der Waals surface area contributed by atoms with Crippen LogP contribution in [0.15, 0.2) is 0 Å². The fraction of sp³-hybridized carbons (Fsp3) is 0.900. The molecule has 0 bridgehead atoms. The second-order valence-electron chi connectivity index (χ2n) is 8.51. The van der Waals surface area contributed by atoms with E-state index >= 15 is 0 Å². The molecule has 3 fully saturated rings. The first-order valence-corrected chi connectivity index (χ1v) is 10.7. The van der Waals surface area contributed by atoms with Crippen LogP contribution in [-0.2, 0) is 14.3 Å². The lowest BCUT2D eigenvalue weighted by molar-refractivity contribution is -0.141. The number of hydrogen-bond donors (Lipinski definition) is 2. The highest BCUT2D eigenvalue weighted by molar-refractivity contribution is 6.20. The summed E-state index contributed by atoms with van der Waals surface area (Å²) in [6.07, 6.45) is 8.94. The Morgan fingerprint density at radius 3 is 2.65 bits per heavy atom. The van der Waals surface area contributed by atoms with Gasteiger partial charge in [0.2, 0.25) is 5.91 Å². The monoisotopic (exact) mass is 384 g/mol. The largest absolute Gasteiger partial charge is 0.469 e. The minimum absolute atomic E-state index is 0.0119. The van der Waals surface area contributed by atoms with Crippen molar-refractivity contribution in [3.63, 3.8) is 0 Å². The third-order valence-corrected chi connectivity index (χ3v) is 7.34. The average Bonchev–Trinajstić information content (AvgIpc) is 3.07. The van der Waals surface area contributed by atoms with Gasteiger partial charge in [-0.25, -0.2) is 0 Å². The second kappa shape index (κ2) is 8.92. The Bertz CT molecular complexity index is 515. The molecule has 2 saturated carbocycles. The molecular formula is C20H33ClN2O3. The number of fused-ring (bicyclic) bond motifs is 1. The third-order valence-electron chi connectivity index (χ3n) is 6.79. The molecule has 0 aromatic rings. The fourth-order valence-electron chi connectivity index (χ4n) is 5.30. The lowest BCUT2D eigenvalue weighted by atomic mass is 9.78. The number of carbonyl (C=O) groups excluding carboxylic acids is 2. The number of alkyl halides is 1. The van der Waals surface area contributed by atoms with Gasteiger partial charge in [0.05, 0.1) is 19.6 Å². The molecule has 0 aromatic carbocycles. The van der Waals surface area contributed by atoms with Crippen molar-refractivity contribution in [1.29, 1.82) is 0 Å². The van der Waals surface area contributed by atoms with Crippen molar-refractivity contribution in [3.8, 4) is 0 Å². The molecular weight excluding hydrogens is 352 g/mol. The summed E-state index contributed by atoms with van der Waals surface area (Å²) in [6.45, 7) is 2.28. The number of hydrogen-bond acceptors (Lipinski definition) is 4. The molecule has 1 aliphatic heterocycles. The molecule has 2 N–H and O–H groups in total. The van der Waals surface area contributed by atoms with E-state index in [-0.39, 0.29) is 41.7 Å². The zero-order chi connectivity index (χ0) is 18.7. The van der Waals surface area contributed by atoms with Crippen molar-refractivity contribution >= 4 is 23.5 Å². The molecule has 1 saturated heterocycles. The minimum Gasteiger partial charge on any atom is -0.469 e. The van der Waals surface area contributed by atoms with Crippen LogP contribution in [0, 0.1) is 17.8 Å². The molecule has 6 heteroatoms. The molecule has 26 heavy (non-hydrogen) atoms. The van der Waals surface area contributed by atoms with E-state index in [1.54, 1.807) is 0 Å². The molecule has 1 heterocycles. The lowest BCUT2D eigenvalue weighted by Crippen LogP contribution is -2.52. The minimum atomic E-state index is -0.286. The predicted molar refractivity (Wildman–Crippen MR) is 102 cm³/mol. The molecule has 0 aromatic heterocycles. The van der Waals surface area contributed by atoms with Gasteiger partial charge in [-0.15, -0.1) is 11.6 Å². The Hall–Kier alpha value is -0.810. The van der Waals surface area contributed by atoms with Gasteiger partial charge in [0.1, 0.15) is 0 Å². The SMILES string of the molecule is COC(=O)CC(NC(=O)C1CC2CCCC(C)C2N1)C1CCCCC1Cl. The van der Waals surface area contributed by atoms with Crippen LogP contribution in [0.2, 0.25) is 0 Å². The number of carbonyl (C=O) groups is 2. The van der Waals surface area contributed by atoms with E-state index in [9.17, 15) is 9.59 Å². The molecule has 3 aliphatic rings. The van der Waals surface area contributed by atoms with Gasteiger partial charge < -0.3 is 15.4 Å². The maximum Gasteiger partial charge on any atom is 0.307 e. The number of amides is 1. The first-order chi connectivity index (χ1) is 12.5. The van der Waals surface area contributed by atoms with E-state index in [2.05, 4.69) is 17.6 Å². The zero-order valence-electron chi connectivity index (χ0n) is 16.0. The maximum atomic E-state index is 13.0. The topological polar surface area (TPSA) is 67.4 Å². The normalized spacial score (nSPS) is 38.3. The summed E-state index contributed by atoms with van der Waals surface area (Å²) in [5.41, 5.74) is 0. The van der Waals surface area contributed by atoms with Crippen molar-refractivity contribution in [3.05, 3.63) is 0 Å².